The first-order valence-electron chi connectivity index (χ1n) is 9.81. The van der Waals surface area contributed by atoms with Gasteiger partial charge in [0.15, 0.2) is 0 Å². The highest BCUT2D eigenvalue weighted by atomic mass is 32.2. The van der Waals surface area contributed by atoms with E-state index in [1.165, 1.54) is 4.31 Å². The summed E-state index contributed by atoms with van der Waals surface area (Å²) in [4.78, 5) is 4.64. The molecule has 0 N–H and O–H groups in total. The topological polar surface area (TPSA) is 50.3 Å². The predicted molar refractivity (Wildman–Crippen MR) is 117 cm³/mol. The zero-order chi connectivity index (χ0) is 20.9. The molecule has 5 heteroatoms. The number of benzene rings is 2. The van der Waals surface area contributed by atoms with Crippen molar-refractivity contribution in [2.75, 3.05) is 6.54 Å². The van der Waals surface area contributed by atoms with Gasteiger partial charge in [0, 0.05) is 12.7 Å². The van der Waals surface area contributed by atoms with Crippen molar-refractivity contribution in [2.24, 2.45) is 0 Å². The van der Waals surface area contributed by atoms with E-state index >= 15 is 0 Å². The van der Waals surface area contributed by atoms with Crippen LogP contribution in [0.25, 0.3) is 0 Å². The quantitative estimate of drug-likeness (QED) is 0.563. The summed E-state index contributed by atoms with van der Waals surface area (Å²) >= 11 is 0. The van der Waals surface area contributed by atoms with Crippen molar-refractivity contribution in [3.63, 3.8) is 0 Å². The Kier molecular flexibility index (Phi) is 6.50. The van der Waals surface area contributed by atoms with Crippen LogP contribution in [0.2, 0.25) is 0 Å². The Hall–Kier alpha value is -2.50. The van der Waals surface area contributed by atoms with Crippen LogP contribution >= 0.6 is 0 Å². The molecule has 0 fully saturated rings. The molecule has 0 saturated carbocycles. The highest BCUT2D eigenvalue weighted by Gasteiger charge is 2.25. The van der Waals surface area contributed by atoms with Crippen molar-refractivity contribution in [3.8, 4) is 0 Å². The van der Waals surface area contributed by atoms with E-state index < -0.39 is 10.0 Å². The Morgan fingerprint density at radius 2 is 1.52 bits per heavy atom. The second-order valence-electron chi connectivity index (χ2n) is 8.17. The first-order chi connectivity index (χ1) is 13.8. The maximum Gasteiger partial charge on any atom is 0.243 e. The molecule has 0 saturated heterocycles. The molecule has 0 aliphatic carbocycles. The first kappa shape index (κ1) is 21.2. The van der Waals surface area contributed by atoms with Gasteiger partial charge in [-0.2, -0.15) is 4.31 Å². The number of sulfonamides is 1. The van der Waals surface area contributed by atoms with Crippen LogP contribution < -0.4 is 0 Å². The lowest BCUT2D eigenvalue weighted by Gasteiger charge is -2.23. The van der Waals surface area contributed by atoms with Crippen LogP contribution in [0.4, 0.5) is 0 Å². The third kappa shape index (κ3) is 5.52. The van der Waals surface area contributed by atoms with Gasteiger partial charge in [0.05, 0.1) is 17.1 Å². The molecule has 152 valence electrons. The van der Waals surface area contributed by atoms with Gasteiger partial charge in [0.1, 0.15) is 0 Å². The minimum absolute atomic E-state index is 0.0246. The first-order valence-corrected chi connectivity index (χ1v) is 11.3. The van der Waals surface area contributed by atoms with Crippen LogP contribution in [0.3, 0.4) is 0 Å². The zero-order valence-electron chi connectivity index (χ0n) is 17.2. The number of hydrogen-bond donors (Lipinski definition) is 0. The second-order valence-corrected chi connectivity index (χ2v) is 10.1. The van der Waals surface area contributed by atoms with Gasteiger partial charge in [-0.05, 0) is 47.2 Å². The minimum atomic E-state index is -3.64. The van der Waals surface area contributed by atoms with Crippen molar-refractivity contribution < 1.29 is 8.42 Å². The average molecular weight is 409 g/mol. The number of hydrogen-bond acceptors (Lipinski definition) is 3. The molecule has 0 atom stereocenters. The molecule has 3 aromatic rings. The summed E-state index contributed by atoms with van der Waals surface area (Å²) in [6.45, 7) is 6.98. The van der Waals surface area contributed by atoms with E-state index in [-0.39, 0.29) is 12.0 Å². The molecule has 0 aliphatic heterocycles. The largest absolute Gasteiger partial charge is 0.260 e. The molecule has 1 aromatic heterocycles. The molecule has 4 nitrogen and oxygen atoms in total. The molecule has 0 amide bonds. The monoisotopic (exact) mass is 408 g/mol. The predicted octanol–water partition coefficient (Wildman–Crippen LogP) is 4.81. The van der Waals surface area contributed by atoms with E-state index in [4.69, 9.17) is 0 Å². The van der Waals surface area contributed by atoms with E-state index in [9.17, 15) is 8.42 Å². The van der Waals surface area contributed by atoms with E-state index in [2.05, 4.69) is 25.8 Å². The van der Waals surface area contributed by atoms with Crippen molar-refractivity contribution in [1.82, 2.24) is 9.29 Å². The summed E-state index contributed by atoms with van der Waals surface area (Å²) in [5, 5.41) is 0. The van der Waals surface area contributed by atoms with E-state index in [1.807, 2.05) is 60.7 Å². The molecule has 29 heavy (non-hydrogen) atoms. The Balaban J connectivity index is 1.88. The fraction of sp³-hybridized carbons (Fsp3) is 0.292. The van der Waals surface area contributed by atoms with Gasteiger partial charge in [-0.25, -0.2) is 8.42 Å². The lowest BCUT2D eigenvalue weighted by atomic mass is 9.87. The third-order valence-corrected chi connectivity index (χ3v) is 6.77. The van der Waals surface area contributed by atoms with Crippen molar-refractivity contribution >= 4 is 10.0 Å². The van der Waals surface area contributed by atoms with Gasteiger partial charge in [0.2, 0.25) is 10.0 Å². The van der Waals surface area contributed by atoms with Crippen LogP contribution in [-0.4, -0.2) is 24.3 Å². The number of rotatable bonds is 7. The van der Waals surface area contributed by atoms with E-state index in [0.717, 1.165) is 16.8 Å². The van der Waals surface area contributed by atoms with Crippen LogP contribution in [0.5, 0.6) is 0 Å². The van der Waals surface area contributed by atoms with Crippen LogP contribution in [0.1, 0.15) is 37.6 Å². The number of pyridine rings is 1. The molecule has 0 aliphatic rings. The Bertz CT molecular complexity index is 1010. The Morgan fingerprint density at radius 1 is 0.862 bits per heavy atom. The summed E-state index contributed by atoms with van der Waals surface area (Å²) in [5.41, 5.74) is 2.92. The van der Waals surface area contributed by atoms with Crippen LogP contribution in [-0.2, 0) is 28.4 Å². The fourth-order valence-electron chi connectivity index (χ4n) is 3.13. The summed E-state index contributed by atoms with van der Waals surface area (Å²) in [6.07, 6.45) is 2.34. The number of nitrogens with zero attached hydrogens (tertiary/aromatic N) is 2. The molecule has 0 radical (unpaired) electrons. The maximum atomic E-state index is 13.4. The Morgan fingerprint density at radius 3 is 2.10 bits per heavy atom. The molecule has 0 spiro atoms. The van der Waals surface area contributed by atoms with Gasteiger partial charge >= 0.3 is 0 Å². The van der Waals surface area contributed by atoms with E-state index in [0.29, 0.717) is 17.9 Å². The number of aromatic nitrogens is 1. The highest BCUT2D eigenvalue weighted by molar-refractivity contribution is 7.89. The summed E-state index contributed by atoms with van der Waals surface area (Å²) in [6, 6.07) is 22.7. The highest BCUT2D eigenvalue weighted by Crippen LogP contribution is 2.25. The molecule has 2 aromatic carbocycles. The molecular weight excluding hydrogens is 380 g/mol. The lowest BCUT2D eigenvalue weighted by Crippen LogP contribution is -2.33. The minimum Gasteiger partial charge on any atom is -0.260 e. The summed E-state index contributed by atoms with van der Waals surface area (Å²) in [7, 11) is -3.64. The molecule has 0 unspecified atom stereocenters. The smallest absolute Gasteiger partial charge is 0.243 e. The summed E-state index contributed by atoms with van der Waals surface area (Å²) < 4.78 is 28.4. The third-order valence-electron chi connectivity index (χ3n) is 4.92. The van der Waals surface area contributed by atoms with Gasteiger partial charge in [0.25, 0.3) is 0 Å². The Labute approximate surface area is 174 Å². The standard InChI is InChI=1S/C24H28N2O2S/c1-24(2,3)21-12-14-23(15-13-21)29(27,28)26(19-22-11-7-8-17-25-22)18-16-20-9-5-4-6-10-20/h4-15,17H,16,18-19H2,1-3H3. The lowest BCUT2D eigenvalue weighted by molar-refractivity contribution is 0.405. The normalized spacial score (nSPS) is 12.3. The SMILES string of the molecule is CC(C)(C)c1ccc(S(=O)(=O)N(CCc2ccccc2)Cc2ccccn2)cc1. The van der Waals surface area contributed by atoms with Gasteiger partial charge < -0.3 is 0 Å². The van der Waals surface area contributed by atoms with Gasteiger partial charge in [-0.3, -0.25) is 4.98 Å². The zero-order valence-corrected chi connectivity index (χ0v) is 18.1. The molecule has 3 rings (SSSR count). The van der Waals surface area contributed by atoms with E-state index in [1.54, 1.807) is 18.3 Å². The maximum absolute atomic E-state index is 13.4. The molecule has 0 bridgehead atoms. The molecule has 1 heterocycles. The van der Waals surface area contributed by atoms with Crippen LogP contribution in [0, 0.1) is 0 Å². The van der Waals surface area contributed by atoms with Crippen molar-refractivity contribution in [3.05, 3.63) is 95.8 Å². The fourth-order valence-corrected chi connectivity index (χ4v) is 4.54. The average Bonchev–Trinajstić information content (AvgIpc) is 2.72. The van der Waals surface area contributed by atoms with Crippen LogP contribution in [0.15, 0.2) is 83.9 Å². The van der Waals surface area contributed by atoms with Gasteiger partial charge in [-0.1, -0.05) is 69.3 Å². The van der Waals surface area contributed by atoms with Crippen molar-refractivity contribution in [2.45, 2.75) is 44.0 Å². The van der Waals surface area contributed by atoms with Crippen molar-refractivity contribution in [1.29, 1.82) is 0 Å². The second kappa shape index (κ2) is 8.89. The van der Waals surface area contributed by atoms with Gasteiger partial charge in [-0.15, -0.1) is 0 Å². The summed E-state index contributed by atoms with van der Waals surface area (Å²) in [5.74, 6) is 0. The molecular formula is C24H28N2O2S.